The molecule has 94 valence electrons. The zero-order valence-electron chi connectivity index (χ0n) is 10.4. The lowest BCUT2D eigenvalue weighted by atomic mass is 10.1. The molecule has 1 atom stereocenters. The topological polar surface area (TPSA) is 44.5 Å². The van der Waals surface area contributed by atoms with Gasteiger partial charge in [0.25, 0.3) is 0 Å². The third kappa shape index (κ3) is 3.63. The molecule has 0 aromatic heterocycles. The van der Waals surface area contributed by atoms with Crippen LogP contribution < -0.4 is 10.5 Å². The van der Waals surface area contributed by atoms with E-state index in [1.54, 1.807) is 0 Å². The summed E-state index contributed by atoms with van der Waals surface area (Å²) in [5.41, 5.74) is 7.64. The largest absolute Gasteiger partial charge is 0.494 e. The van der Waals surface area contributed by atoms with Gasteiger partial charge in [-0.2, -0.15) is 0 Å². The van der Waals surface area contributed by atoms with Gasteiger partial charge in [-0.25, -0.2) is 0 Å². The molecule has 17 heavy (non-hydrogen) atoms. The Labute approximate surface area is 103 Å². The van der Waals surface area contributed by atoms with Crippen LogP contribution >= 0.6 is 0 Å². The van der Waals surface area contributed by atoms with Gasteiger partial charge in [0.1, 0.15) is 5.75 Å². The molecule has 1 fully saturated rings. The molecule has 0 spiro atoms. The molecule has 2 rings (SSSR count). The van der Waals surface area contributed by atoms with Gasteiger partial charge in [0.15, 0.2) is 0 Å². The fraction of sp³-hybridized carbons (Fsp3) is 0.571. The molecule has 0 aliphatic carbocycles. The Bertz CT molecular complexity index is 359. The molecule has 1 aliphatic rings. The van der Waals surface area contributed by atoms with E-state index < -0.39 is 0 Å². The highest BCUT2D eigenvalue weighted by molar-refractivity contribution is 5.49. The average molecular weight is 235 g/mol. The fourth-order valence-corrected chi connectivity index (χ4v) is 2.11. The number of rotatable bonds is 5. The molecule has 1 saturated heterocycles. The Morgan fingerprint density at radius 2 is 2.35 bits per heavy atom. The van der Waals surface area contributed by atoms with Gasteiger partial charge in [-0.1, -0.05) is 0 Å². The predicted octanol–water partition coefficient (Wildman–Crippen LogP) is 2.92. The molecule has 3 nitrogen and oxygen atoms in total. The van der Waals surface area contributed by atoms with Crippen molar-refractivity contribution >= 4 is 5.69 Å². The Morgan fingerprint density at radius 3 is 3.06 bits per heavy atom. The number of nitrogens with two attached hydrogens (primary N) is 1. The van der Waals surface area contributed by atoms with E-state index in [4.69, 9.17) is 15.2 Å². The third-order valence-corrected chi connectivity index (χ3v) is 3.20. The van der Waals surface area contributed by atoms with Crippen molar-refractivity contribution in [1.29, 1.82) is 0 Å². The molecule has 0 amide bonds. The Morgan fingerprint density at radius 1 is 1.47 bits per heavy atom. The highest BCUT2D eigenvalue weighted by Gasteiger charge is 2.14. The molecular formula is C14H21NO2. The highest BCUT2D eigenvalue weighted by atomic mass is 16.5. The van der Waals surface area contributed by atoms with Crippen molar-refractivity contribution < 1.29 is 9.47 Å². The van der Waals surface area contributed by atoms with E-state index in [0.29, 0.717) is 6.10 Å². The van der Waals surface area contributed by atoms with Crippen LogP contribution in [0.25, 0.3) is 0 Å². The van der Waals surface area contributed by atoms with Crippen molar-refractivity contribution in [3.63, 3.8) is 0 Å². The van der Waals surface area contributed by atoms with E-state index in [1.807, 2.05) is 25.1 Å². The summed E-state index contributed by atoms with van der Waals surface area (Å²) in [7, 11) is 0. The second-order valence-electron chi connectivity index (χ2n) is 4.64. The van der Waals surface area contributed by atoms with Crippen molar-refractivity contribution in [3.05, 3.63) is 23.8 Å². The Kier molecular flexibility index (Phi) is 4.26. The number of hydrogen-bond donors (Lipinski definition) is 1. The number of anilines is 1. The van der Waals surface area contributed by atoms with Gasteiger partial charge >= 0.3 is 0 Å². The number of benzene rings is 1. The van der Waals surface area contributed by atoms with Crippen LogP contribution in [0, 0.1) is 6.92 Å². The molecule has 0 bridgehead atoms. The monoisotopic (exact) mass is 235 g/mol. The van der Waals surface area contributed by atoms with Crippen LogP contribution in [-0.4, -0.2) is 19.3 Å². The van der Waals surface area contributed by atoms with E-state index in [1.165, 1.54) is 12.8 Å². The minimum absolute atomic E-state index is 0.465. The van der Waals surface area contributed by atoms with Crippen molar-refractivity contribution in [2.24, 2.45) is 0 Å². The minimum atomic E-state index is 0.465. The summed E-state index contributed by atoms with van der Waals surface area (Å²) >= 11 is 0. The summed E-state index contributed by atoms with van der Waals surface area (Å²) in [4.78, 5) is 0. The van der Waals surface area contributed by atoms with Crippen molar-refractivity contribution in [2.45, 2.75) is 38.7 Å². The summed E-state index contributed by atoms with van der Waals surface area (Å²) in [5, 5.41) is 0. The second-order valence-corrected chi connectivity index (χ2v) is 4.64. The number of ether oxygens (including phenoxy) is 2. The maximum absolute atomic E-state index is 5.75. The maximum atomic E-state index is 5.75. The molecule has 1 aliphatic heterocycles. The van der Waals surface area contributed by atoms with Crippen LogP contribution in [0.3, 0.4) is 0 Å². The molecule has 0 saturated carbocycles. The molecule has 1 aromatic carbocycles. The van der Waals surface area contributed by atoms with E-state index in [0.717, 1.165) is 43.1 Å². The van der Waals surface area contributed by atoms with Gasteiger partial charge in [0, 0.05) is 12.3 Å². The molecule has 3 heteroatoms. The summed E-state index contributed by atoms with van der Waals surface area (Å²) < 4.78 is 11.3. The third-order valence-electron chi connectivity index (χ3n) is 3.20. The van der Waals surface area contributed by atoms with Gasteiger partial charge in [-0.15, -0.1) is 0 Å². The van der Waals surface area contributed by atoms with Crippen molar-refractivity contribution in [1.82, 2.24) is 0 Å². The van der Waals surface area contributed by atoms with Gasteiger partial charge in [-0.3, -0.25) is 0 Å². The van der Waals surface area contributed by atoms with Gasteiger partial charge < -0.3 is 15.2 Å². The van der Waals surface area contributed by atoms with Gasteiger partial charge in [0.2, 0.25) is 0 Å². The van der Waals surface area contributed by atoms with E-state index in [-0.39, 0.29) is 0 Å². The summed E-state index contributed by atoms with van der Waals surface area (Å²) in [6.45, 7) is 3.68. The standard InChI is InChI=1S/C14H21NO2/c1-11-10-13(6-7-14(11)15)17-9-3-5-12-4-2-8-16-12/h6-7,10,12H,2-5,8-9,15H2,1H3. The first-order valence-electron chi connectivity index (χ1n) is 6.36. The SMILES string of the molecule is Cc1cc(OCCCC2CCCO2)ccc1N. The Hall–Kier alpha value is -1.22. The molecular weight excluding hydrogens is 214 g/mol. The van der Waals surface area contributed by atoms with Gasteiger partial charge in [0.05, 0.1) is 12.7 Å². The van der Waals surface area contributed by atoms with Crippen molar-refractivity contribution in [3.8, 4) is 5.75 Å². The Balaban J connectivity index is 1.68. The normalized spacial score (nSPS) is 19.5. The predicted molar refractivity (Wildman–Crippen MR) is 69.3 cm³/mol. The lowest BCUT2D eigenvalue weighted by Gasteiger charge is -2.10. The quantitative estimate of drug-likeness (QED) is 0.630. The average Bonchev–Trinajstić information content (AvgIpc) is 2.82. The first-order valence-corrected chi connectivity index (χ1v) is 6.36. The smallest absolute Gasteiger partial charge is 0.119 e. The van der Waals surface area contributed by atoms with Crippen LogP contribution in [0.15, 0.2) is 18.2 Å². The second kappa shape index (κ2) is 5.92. The molecule has 2 N–H and O–H groups in total. The van der Waals surface area contributed by atoms with Crippen LogP contribution in [0.2, 0.25) is 0 Å². The number of aryl methyl sites for hydroxylation is 1. The molecule has 1 heterocycles. The summed E-state index contributed by atoms with van der Waals surface area (Å²) in [5.74, 6) is 0.907. The van der Waals surface area contributed by atoms with Crippen LogP contribution in [0.1, 0.15) is 31.2 Å². The lowest BCUT2D eigenvalue weighted by Crippen LogP contribution is -2.07. The van der Waals surface area contributed by atoms with Crippen molar-refractivity contribution in [2.75, 3.05) is 18.9 Å². The van der Waals surface area contributed by atoms with Crippen LogP contribution in [-0.2, 0) is 4.74 Å². The van der Waals surface area contributed by atoms with E-state index in [2.05, 4.69) is 0 Å². The van der Waals surface area contributed by atoms with Gasteiger partial charge in [-0.05, 0) is 56.4 Å². The molecule has 1 aromatic rings. The molecule has 1 unspecified atom stereocenters. The minimum Gasteiger partial charge on any atom is -0.494 e. The van der Waals surface area contributed by atoms with E-state index in [9.17, 15) is 0 Å². The first kappa shape index (κ1) is 12.2. The zero-order chi connectivity index (χ0) is 12.1. The highest BCUT2D eigenvalue weighted by Crippen LogP contribution is 2.20. The zero-order valence-corrected chi connectivity index (χ0v) is 10.4. The van der Waals surface area contributed by atoms with E-state index >= 15 is 0 Å². The fourth-order valence-electron chi connectivity index (χ4n) is 2.11. The summed E-state index contributed by atoms with van der Waals surface area (Å²) in [6.07, 6.45) is 5.04. The van der Waals surface area contributed by atoms with Crippen LogP contribution in [0.4, 0.5) is 5.69 Å². The number of hydrogen-bond acceptors (Lipinski definition) is 3. The first-order chi connectivity index (χ1) is 8.25. The maximum Gasteiger partial charge on any atom is 0.119 e. The molecule has 0 radical (unpaired) electrons. The number of nitrogen functional groups attached to an aromatic ring is 1. The lowest BCUT2D eigenvalue weighted by molar-refractivity contribution is 0.0981. The van der Waals surface area contributed by atoms with Crippen LogP contribution in [0.5, 0.6) is 5.75 Å². The summed E-state index contributed by atoms with van der Waals surface area (Å²) in [6, 6.07) is 5.81.